The zero-order chi connectivity index (χ0) is 6.69. The Morgan fingerprint density at radius 1 is 1.70 bits per heavy atom. The summed E-state index contributed by atoms with van der Waals surface area (Å²) in [6, 6.07) is 0. The van der Waals surface area contributed by atoms with Gasteiger partial charge in [0, 0.05) is 0 Å². The van der Waals surface area contributed by atoms with E-state index >= 15 is 0 Å². The van der Waals surface area contributed by atoms with Crippen LogP contribution < -0.4 is 0 Å². The van der Waals surface area contributed by atoms with Crippen molar-refractivity contribution >= 4 is 35.5 Å². The molecule has 0 aromatic carbocycles. The van der Waals surface area contributed by atoms with Crippen LogP contribution in [0.5, 0.6) is 0 Å². The van der Waals surface area contributed by atoms with E-state index in [1.54, 1.807) is 0 Å². The quantitative estimate of drug-likeness (QED) is 0.487. The van der Waals surface area contributed by atoms with Gasteiger partial charge in [-0.25, -0.2) is 5.10 Å². The standard InChI is InChI=1S/C3H4N4O2.Na.H/c8-3(9)1-2-4-6-7-5-2;;/h1H2,(H,8,9)(H,4,5,6,7);;. The number of carbonyl (C=O) groups is 1. The van der Waals surface area contributed by atoms with E-state index in [0.717, 1.165) is 0 Å². The molecule has 1 rings (SSSR count). The number of tetrazole rings is 1. The summed E-state index contributed by atoms with van der Waals surface area (Å²) < 4.78 is 0. The van der Waals surface area contributed by atoms with Crippen LogP contribution in [0.1, 0.15) is 5.82 Å². The summed E-state index contributed by atoms with van der Waals surface area (Å²) in [7, 11) is 0. The van der Waals surface area contributed by atoms with Crippen molar-refractivity contribution in [2.45, 2.75) is 6.42 Å². The van der Waals surface area contributed by atoms with Crippen LogP contribution in [-0.4, -0.2) is 61.3 Å². The SMILES string of the molecule is O=C(O)Cc1nnn[nH]1.[NaH]. The molecular formula is C3H5N4NaO2. The van der Waals surface area contributed by atoms with Gasteiger partial charge >= 0.3 is 35.5 Å². The molecular weight excluding hydrogens is 147 g/mol. The molecule has 0 bridgehead atoms. The Morgan fingerprint density at radius 2 is 2.40 bits per heavy atom. The average molecular weight is 152 g/mol. The van der Waals surface area contributed by atoms with E-state index in [1.165, 1.54) is 0 Å². The molecule has 0 fully saturated rings. The molecule has 1 aromatic heterocycles. The van der Waals surface area contributed by atoms with Gasteiger partial charge in [0.2, 0.25) is 0 Å². The molecule has 10 heavy (non-hydrogen) atoms. The molecule has 0 spiro atoms. The van der Waals surface area contributed by atoms with Gasteiger partial charge in [-0.2, -0.15) is 0 Å². The first-order valence-corrected chi connectivity index (χ1v) is 2.23. The van der Waals surface area contributed by atoms with Crippen molar-refractivity contribution in [3.8, 4) is 0 Å². The minimum absolute atomic E-state index is 0. The molecule has 0 aliphatic heterocycles. The number of carboxylic acids is 1. The van der Waals surface area contributed by atoms with Crippen LogP contribution in [0.15, 0.2) is 0 Å². The summed E-state index contributed by atoms with van der Waals surface area (Å²) in [5, 5.41) is 20.2. The van der Waals surface area contributed by atoms with Gasteiger partial charge in [0.15, 0.2) is 5.82 Å². The van der Waals surface area contributed by atoms with E-state index < -0.39 is 5.97 Å². The van der Waals surface area contributed by atoms with Gasteiger partial charge in [-0.3, -0.25) is 4.79 Å². The molecule has 0 saturated carbocycles. The van der Waals surface area contributed by atoms with Gasteiger partial charge in [-0.15, -0.1) is 5.10 Å². The first kappa shape index (κ1) is 9.54. The fraction of sp³-hybridized carbons (Fsp3) is 0.333. The third kappa shape index (κ3) is 2.90. The molecule has 50 valence electrons. The summed E-state index contributed by atoms with van der Waals surface area (Å²) >= 11 is 0. The number of aromatic nitrogens is 4. The second kappa shape index (κ2) is 4.37. The number of H-pyrrole nitrogens is 1. The Morgan fingerprint density at radius 3 is 2.80 bits per heavy atom. The number of nitrogens with one attached hydrogen (secondary N) is 1. The summed E-state index contributed by atoms with van der Waals surface area (Å²) in [4.78, 5) is 9.95. The van der Waals surface area contributed by atoms with E-state index in [2.05, 4.69) is 20.6 Å². The van der Waals surface area contributed by atoms with Gasteiger partial charge in [0.25, 0.3) is 0 Å². The predicted octanol–water partition coefficient (Wildman–Crippen LogP) is -1.82. The Balaban J connectivity index is 0.000000810. The van der Waals surface area contributed by atoms with Crippen LogP contribution >= 0.6 is 0 Å². The third-order valence-electron chi connectivity index (χ3n) is 0.708. The third-order valence-corrected chi connectivity index (χ3v) is 0.708. The maximum absolute atomic E-state index is 9.95. The molecule has 7 heteroatoms. The second-order valence-electron chi connectivity index (χ2n) is 1.42. The molecule has 0 aliphatic carbocycles. The maximum atomic E-state index is 9.95. The Labute approximate surface area is 78.3 Å². The molecule has 0 unspecified atom stereocenters. The topological polar surface area (TPSA) is 91.8 Å². The number of aliphatic carboxylic acids is 1. The normalized spacial score (nSPS) is 8.40. The van der Waals surface area contributed by atoms with Crippen LogP contribution in [-0.2, 0) is 11.2 Å². The Bertz CT molecular complexity index is 198. The van der Waals surface area contributed by atoms with Crippen molar-refractivity contribution in [3.63, 3.8) is 0 Å². The van der Waals surface area contributed by atoms with Gasteiger partial charge in [0.05, 0.1) is 0 Å². The fourth-order valence-electron chi connectivity index (χ4n) is 0.397. The van der Waals surface area contributed by atoms with Gasteiger partial charge in [-0.1, -0.05) is 0 Å². The van der Waals surface area contributed by atoms with Crippen molar-refractivity contribution in [1.82, 2.24) is 20.6 Å². The van der Waals surface area contributed by atoms with Crippen LogP contribution in [0.3, 0.4) is 0 Å². The zero-order valence-corrected chi connectivity index (χ0v) is 4.40. The summed E-state index contributed by atoms with van der Waals surface area (Å²) in [6.07, 6.45) is -0.160. The van der Waals surface area contributed by atoms with Gasteiger partial charge in [-0.05, 0) is 10.4 Å². The van der Waals surface area contributed by atoms with E-state index in [4.69, 9.17) is 5.11 Å². The monoisotopic (exact) mass is 152 g/mol. The molecule has 0 amide bonds. The molecule has 0 radical (unpaired) electrons. The van der Waals surface area contributed by atoms with Crippen LogP contribution in [0, 0.1) is 0 Å². The molecule has 6 nitrogen and oxygen atoms in total. The number of carboxylic acid groups (broad SMARTS) is 1. The molecule has 2 N–H and O–H groups in total. The molecule has 1 heterocycles. The van der Waals surface area contributed by atoms with E-state index in [1.807, 2.05) is 0 Å². The Hall–Kier alpha value is -0.460. The molecule has 1 aromatic rings. The number of rotatable bonds is 2. The Kier molecular flexibility index (Phi) is 4.17. The van der Waals surface area contributed by atoms with Gasteiger partial charge < -0.3 is 5.11 Å². The van der Waals surface area contributed by atoms with Crippen LogP contribution in [0.2, 0.25) is 0 Å². The van der Waals surface area contributed by atoms with E-state index in [-0.39, 0.29) is 41.8 Å². The average Bonchev–Trinajstić information content (AvgIpc) is 2.15. The summed E-state index contributed by atoms with van der Waals surface area (Å²) in [5.74, 6) is -0.684. The predicted molar refractivity (Wildman–Crippen MR) is 32.7 cm³/mol. The van der Waals surface area contributed by atoms with Crippen LogP contribution in [0.25, 0.3) is 0 Å². The fourth-order valence-corrected chi connectivity index (χ4v) is 0.397. The first-order valence-electron chi connectivity index (χ1n) is 2.23. The number of hydrogen-bond acceptors (Lipinski definition) is 4. The molecule has 0 atom stereocenters. The zero-order valence-electron chi connectivity index (χ0n) is 4.40. The van der Waals surface area contributed by atoms with E-state index in [0.29, 0.717) is 0 Å². The minimum atomic E-state index is -0.950. The summed E-state index contributed by atoms with van der Waals surface area (Å²) in [5.41, 5.74) is 0. The molecule has 0 saturated heterocycles. The van der Waals surface area contributed by atoms with E-state index in [9.17, 15) is 4.79 Å². The number of hydrogen-bond donors (Lipinski definition) is 2. The molecule has 0 aliphatic rings. The first-order chi connectivity index (χ1) is 4.29. The number of nitrogens with zero attached hydrogens (tertiary/aromatic N) is 3. The van der Waals surface area contributed by atoms with Crippen molar-refractivity contribution in [2.24, 2.45) is 0 Å². The number of aromatic amines is 1. The summed E-state index contributed by atoms with van der Waals surface area (Å²) in [6.45, 7) is 0. The van der Waals surface area contributed by atoms with Crippen LogP contribution in [0.4, 0.5) is 0 Å². The van der Waals surface area contributed by atoms with Crippen molar-refractivity contribution in [1.29, 1.82) is 0 Å². The van der Waals surface area contributed by atoms with Gasteiger partial charge in [0.1, 0.15) is 6.42 Å². The second-order valence-corrected chi connectivity index (χ2v) is 1.42. The van der Waals surface area contributed by atoms with Crippen molar-refractivity contribution in [3.05, 3.63) is 5.82 Å². The van der Waals surface area contributed by atoms with Crippen molar-refractivity contribution < 1.29 is 9.90 Å². The van der Waals surface area contributed by atoms with Crippen molar-refractivity contribution in [2.75, 3.05) is 0 Å².